The number of alkyl halides is 3. The van der Waals surface area contributed by atoms with Crippen molar-refractivity contribution in [2.45, 2.75) is 26.1 Å². The van der Waals surface area contributed by atoms with E-state index in [1.165, 1.54) is 19.1 Å². The Bertz CT molecular complexity index is 508. The normalized spacial score (nSPS) is 13.3. The van der Waals surface area contributed by atoms with Gasteiger partial charge < -0.3 is 11.1 Å². The maximum absolute atomic E-state index is 12.4. The Kier molecular flexibility index (Phi) is 5.86. The van der Waals surface area contributed by atoms with Gasteiger partial charge in [-0.05, 0) is 31.7 Å². The minimum Gasteiger partial charge on any atom is -0.397 e. The van der Waals surface area contributed by atoms with Crippen LogP contribution in [0.25, 0.3) is 0 Å². The molecule has 0 saturated heterocycles. The van der Waals surface area contributed by atoms with Crippen molar-refractivity contribution in [2.75, 3.05) is 24.1 Å². The molecule has 0 radical (unpaired) electrons. The largest absolute Gasteiger partial charge is 0.401 e. The SMILES string of the molecule is CCN(CC(F)(F)F)C(C)C(=O)Nc1cc(Cl)ccc1N. The molecule has 0 saturated carbocycles. The molecule has 3 N–H and O–H groups in total. The van der Waals surface area contributed by atoms with E-state index in [4.69, 9.17) is 17.3 Å². The van der Waals surface area contributed by atoms with Crippen molar-refractivity contribution >= 4 is 28.9 Å². The van der Waals surface area contributed by atoms with Gasteiger partial charge in [0.15, 0.2) is 0 Å². The number of benzene rings is 1. The van der Waals surface area contributed by atoms with Crippen LogP contribution in [0.4, 0.5) is 24.5 Å². The van der Waals surface area contributed by atoms with Gasteiger partial charge in [0.1, 0.15) is 0 Å². The third-order valence-corrected chi connectivity index (χ3v) is 3.22. The zero-order valence-electron chi connectivity index (χ0n) is 11.7. The van der Waals surface area contributed by atoms with E-state index in [0.29, 0.717) is 10.7 Å². The Morgan fingerprint density at radius 3 is 2.62 bits per heavy atom. The van der Waals surface area contributed by atoms with Crippen LogP contribution in [0.2, 0.25) is 5.02 Å². The van der Waals surface area contributed by atoms with Crippen LogP contribution in [0.1, 0.15) is 13.8 Å². The van der Waals surface area contributed by atoms with Crippen LogP contribution in [-0.4, -0.2) is 36.1 Å². The Morgan fingerprint density at radius 2 is 2.10 bits per heavy atom. The number of anilines is 2. The number of nitrogen functional groups attached to an aromatic ring is 1. The standard InChI is InChI=1S/C13H17ClF3N3O/c1-3-20(7-13(15,16)17)8(2)12(21)19-11-6-9(14)4-5-10(11)18/h4-6,8H,3,7,18H2,1-2H3,(H,19,21). The number of rotatable bonds is 5. The first-order valence-corrected chi connectivity index (χ1v) is 6.68. The second-order valence-corrected chi connectivity index (χ2v) is 5.01. The Labute approximate surface area is 126 Å². The first-order chi connectivity index (χ1) is 9.64. The monoisotopic (exact) mass is 323 g/mol. The summed E-state index contributed by atoms with van der Waals surface area (Å²) in [7, 11) is 0. The maximum atomic E-state index is 12.4. The molecule has 0 aliphatic carbocycles. The first kappa shape index (κ1) is 17.6. The quantitative estimate of drug-likeness (QED) is 0.818. The molecule has 8 heteroatoms. The Morgan fingerprint density at radius 1 is 1.48 bits per heavy atom. The minimum absolute atomic E-state index is 0.0964. The average Bonchev–Trinajstić information content (AvgIpc) is 2.38. The van der Waals surface area contributed by atoms with Crippen molar-refractivity contribution in [3.63, 3.8) is 0 Å². The maximum Gasteiger partial charge on any atom is 0.401 e. The fourth-order valence-corrected chi connectivity index (χ4v) is 1.96. The lowest BCUT2D eigenvalue weighted by Gasteiger charge is -2.27. The molecule has 1 aromatic rings. The third kappa shape index (κ3) is 5.43. The van der Waals surface area contributed by atoms with E-state index in [-0.39, 0.29) is 12.2 Å². The third-order valence-electron chi connectivity index (χ3n) is 2.99. The van der Waals surface area contributed by atoms with Crippen molar-refractivity contribution in [3.05, 3.63) is 23.2 Å². The van der Waals surface area contributed by atoms with Gasteiger partial charge in [0.05, 0.1) is 24.0 Å². The molecule has 0 fully saturated rings. The molecule has 0 aromatic heterocycles. The highest BCUT2D eigenvalue weighted by Gasteiger charge is 2.34. The summed E-state index contributed by atoms with van der Waals surface area (Å²) in [6, 6.07) is 3.56. The molecule has 1 unspecified atom stereocenters. The molecule has 0 bridgehead atoms. The van der Waals surface area contributed by atoms with E-state index < -0.39 is 24.7 Å². The van der Waals surface area contributed by atoms with Gasteiger partial charge in [-0.3, -0.25) is 9.69 Å². The second kappa shape index (κ2) is 7.00. The molecule has 0 heterocycles. The zero-order chi connectivity index (χ0) is 16.2. The van der Waals surface area contributed by atoms with Gasteiger partial charge in [-0.25, -0.2) is 0 Å². The predicted molar refractivity (Wildman–Crippen MR) is 77.3 cm³/mol. The Hall–Kier alpha value is -1.47. The van der Waals surface area contributed by atoms with Gasteiger partial charge in [-0.1, -0.05) is 18.5 Å². The molecular weight excluding hydrogens is 307 g/mol. The average molecular weight is 324 g/mol. The first-order valence-electron chi connectivity index (χ1n) is 6.30. The van der Waals surface area contributed by atoms with E-state index >= 15 is 0 Å². The lowest BCUT2D eigenvalue weighted by atomic mass is 10.2. The highest BCUT2D eigenvalue weighted by molar-refractivity contribution is 6.31. The predicted octanol–water partition coefficient (Wildman–Crippen LogP) is 3.13. The van der Waals surface area contributed by atoms with Gasteiger partial charge in [0.25, 0.3) is 0 Å². The summed E-state index contributed by atoms with van der Waals surface area (Å²) in [5, 5.41) is 2.86. The van der Waals surface area contributed by atoms with Gasteiger partial charge in [-0.2, -0.15) is 13.2 Å². The number of hydrogen-bond donors (Lipinski definition) is 2. The highest BCUT2D eigenvalue weighted by atomic mass is 35.5. The van der Waals surface area contributed by atoms with Crippen molar-refractivity contribution in [3.8, 4) is 0 Å². The molecule has 1 aromatic carbocycles. The van der Waals surface area contributed by atoms with Crippen molar-refractivity contribution in [2.24, 2.45) is 0 Å². The number of nitrogens with zero attached hydrogens (tertiary/aromatic N) is 1. The van der Waals surface area contributed by atoms with Crippen LogP contribution < -0.4 is 11.1 Å². The smallest absolute Gasteiger partial charge is 0.397 e. The summed E-state index contributed by atoms with van der Waals surface area (Å²) >= 11 is 5.79. The number of halogens is 4. The summed E-state index contributed by atoms with van der Waals surface area (Å²) in [6.07, 6.45) is -4.36. The number of carbonyl (C=O) groups excluding carboxylic acids is 1. The number of likely N-dealkylation sites (N-methyl/N-ethyl adjacent to an activating group) is 1. The van der Waals surface area contributed by atoms with E-state index in [1.807, 2.05) is 0 Å². The van der Waals surface area contributed by atoms with Crippen molar-refractivity contribution in [1.82, 2.24) is 4.90 Å². The number of carbonyl (C=O) groups is 1. The molecule has 1 amide bonds. The van der Waals surface area contributed by atoms with Crippen molar-refractivity contribution < 1.29 is 18.0 Å². The van der Waals surface area contributed by atoms with Gasteiger partial charge >= 0.3 is 6.18 Å². The molecule has 4 nitrogen and oxygen atoms in total. The molecule has 118 valence electrons. The van der Waals surface area contributed by atoms with E-state index in [2.05, 4.69) is 5.32 Å². The van der Waals surface area contributed by atoms with Gasteiger partial charge in [0.2, 0.25) is 5.91 Å². The number of hydrogen-bond acceptors (Lipinski definition) is 3. The number of nitrogens with one attached hydrogen (secondary N) is 1. The van der Waals surface area contributed by atoms with E-state index in [1.54, 1.807) is 13.0 Å². The topological polar surface area (TPSA) is 58.4 Å². The van der Waals surface area contributed by atoms with Crippen LogP contribution in [0.15, 0.2) is 18.2 Å². The molecule has 0 aliphatic heterocycles. The summed E-state index contributed by atoms with van der Waals surface area (Å²) in [6.45, 7) is 1.91. The van der Waals surface area contributed by atoms with Gasteiger partial charge in [-0.15, -0.1) is 0 Å². The van der Waals surface area contributed by atoms with E-state index in [0.717, 1.165) is 4.90 Å². The van der Waals surface area contributed by atoms with Crippen LogP contribution in [0.3, 0.4) is 0 Å². The fourth-order valence-electron chi connectivity index (χ4n) is 1.79. The minimum atomic E-state index is -4.36. The summed E-state index contributed by atoms with van der Waals surface area (Å²) < 4.78 is 37.3. The van der Waals surface area contributed by atoms with Crippen LogP contribution in [-0.2, 0) is 4.79 Å². The van der Waals surface area contributed by atoms with Crippen LogP contribution in [0, 0.1) is 0 Å². The van der Waals surface area contributed by atoms with Crippen LogP contribution >= 0.6 is 11.6 Å². The van der Waals surface area contributed by atoms with E-state index in [9.17, 15) is 18.0 Å². The Balaban J connectivity index is 2.79. The fraction of sp³-hybridized carbons (Fsp3) is 0.462. The highest BCUT2D eigenvalue weighted by Crippen LogP contribution is 2.24. The molecule has 1 atom stereocenters. The summed E-state index contributed by atoms with van der Waals surface area (Å²) in [4.78, 5) is 13.1. The number of nitrogens with two attached hydrogens (primary N) is 1. The molecule has 1 rings (SSSR count). The number of amides is 1. The van der Waals surface area contributed by atoms with Crippen LogP contribution in [0.5, 0.6) is 0 Å². The molecule has 0 aliphatic rings. The van der Waals surface area contributed by atoms with Gasteiger partial charge in [0, 0.05) is 5.02 Å². The molecule has 21 heavy (non-hydrogen) atoms. The summed E-state index contributed by atoms with van der Waals surface area (Å²) in [5.74, 6) is -0.574. The lowest BCUT2D eigenvalue weighted by molar-refractivity contribution is -0.152. The zero-order valence-corrected chi connectivity index (χ0v) is 12.4. The molecular formula is C13H17ClF3N3O. The van der Waals surface area contributed by atoms with Crippen molar-refractivity contribution in [1.29, 1.82) is 0 Å². The molecule has 0 spiro atoms. The lowest BCUT2D eigenvalue weighted by Crippen LogP contribution is -2.46. The summed E-state index contributed by atoms with van der Waals surface area (Å²) in [5.41, 5.74) is 6.25. The second-order valence-electron chi connectivity index (χ2n) is 4.58.